The van der Waals surface area contributed by atoms with Crippen LogP contribution in [0.3, 0.4) is 0 Å². The molecule has 2 heterocycles. The second-order valence-corrected chi connectivity index (χ2v) is 9.68. The molecule has 1 fully saturated rings. The quantitative estimate of drug-likeness (QED) is 0.210. The molecule has 0 aliphatic carbocycles. The average molecular weight is 586 g/mol. The lowest BCUT2D eigenvalue weighted by Crippen LogP contribution is -2.51. The van der Waals surface area contributed by atoms with Gasteiger partial charge in [-0.3, -0.25) is 0 Å². The summed E-state index contributed by atoms with van der Waals surface area (Å²) in [4.78, 5) is 52.1. The minimum absolute atomic E-state index is 0.121. The Balaban J connectivity index is 1.55. The van der Waals surface area contributed by atoms with Crippen LogP contribution in [0, 0.1) is 0 Å². The molecule has 4 atom stereocenters. The van der Waals surface area contributed by atoms with Crippen LogP contribution in [0.4, 0.5) is 0 Å². The molecule has 1 saturated heterocycles. The summed E-state index contributed by atoms with van der Waals surface area (Å²) in [5.74, 6) is -2.95. The van der Waals surface area contributed by atoms with Crippen molar-refractivity contribution in [1.82, 2.24) is 15.0 Å². The lowest BCUT2D eigenvalue weighted by molar-refractivity contribution is -0.115. The Hall–Kier alpha value is -5.36. The van der Waals surface area contributed by atoms with Gasteiger partial charge in [-0.15, -0.1) is 5.10 Å². The van der Waals surface area contributed by atoms with Crippen molar-refractivity contribution >= 4 is 23.9 Å². The van der Waals surface area contributed by atoms with Gasteiger partial charge in [-0.05, 0) is 43.3 Å². The summed E-state index contributed by atoms with van der Waals surface area (Å²) in [7, 11) is 1.18. The number of nitrogens with zero attached hydrogens (tertiary/aromatic N) is 3. The SMILES string of the molecule is COC(=O)c1cnnn1[C@@H]1O[C@H](COC(=O)c2ccccc2)[C@@H](OC(=O)c2ccccc2)[C@@]1(C)OC(=O)c1ccccc1. The number of carbonyl (C=O) groups excluding carboxylic acids is 4. The number of esters is 4. The molecule has 3 aromatic carbocycles. The molecule has 43 heavy (non-hydrogen) atoms. The van der Waals surface area contributed by atoms with E-state index in [1.54, 1.807) is 91.0 Å². The molecule has 0 N–H and O–H groups in total. The zero-order valence-corrected chi connectivity index (χ0v) is 23.2. The fourth-order valence-electron chi connectivity index (χ4n) is 4.68. The maximum absolute atomic E-state index is 13.4. The van der Waals surface area contributed by atoms with E-state index in [-0.39, 0.29) is 22.4 Å². The Morgan fingerprint density at radius 2 is 1.33 bits per heavy atom. The second-order valence-electron chi connectivity index (χ2n) is 9.68. The molecule has 1 aromatic heterocycles. The second kappa shape index (κ2) is 12.7. The Labute approximate surface area is 246 Å². The zero-order valence-electron chi connectivity index (χ0n) is 23.2. The molecule has 5 rings (SSSR count). The molecule has 0 saturated carbocycles. The van der Waals surface area contributed by atoms with Gasteiger partial charge >= 0.3 is 23.9 Å². The Bertz CT molecular complexity index is 1590. The highest BCUT2D eigenvalue weighted by Crippen LogP contribution is 2.44. The number of ether oxygens (including phenoxy) is 5. The van der Waals surface area contributed by atoms with Crippen LogP contribution in [0.15, 0.2) is 97.2 Å². The number of methoxy groups -OCH3 is 1. The Morgan fingerprint density at radius 3 is 1.88 bits per heavy atom. The van der Waals surface area contributed by atoms with E-state index in [0.717, 1.165) is 10.9 Å². The zero-order chi connectivity index (χ0) is 30.4. The topological polar surface area (TPSA) is 145 Å². The van der Waals surface area contributed by atoms with Crippen LogP contribution in [0.1, 0.15) is 54.7 Å². The van der Waals surface area contributed by atoms with E-state index < -0.39 is 54.5 Å². The molecule has 12 nitrogen and oxygen atoms in total. The minimum Gasteiger partial charge on any atom is -0.464 e. The first kappa shape index (κ1) is 29.1. The molecular formula is C31H27N3O9. The van der Waals surface area contributed by atoms with Crippen molar-refractivity contribution in [3.05, 3.63) is 120 Å². The van der Waals surface area contributed by atoms with Crippen LogP contribution in [-0.4, -0.2) is 70.4 Å². The third-order valence-electron chi connectivity index (χ3n) is 6.84. The lowest BCUT2D eigenvalue weighted by atomic mass is 9.95. The largest absolute Gasteiger partial charge is 0.464 e. The van der Waals surface area contributed by atoms with E-state index >= 15 is 0 Å². The van der Waals surface area contributed by atoms with Gasteiger partial charge in [-0.25, -0.2) is 23.9 Å². The van der Waals surface area contributed by atoms with Crippen molar-refractivity contribution in [2.45, 2.75) is 31.0 Å². The number of aromatic nitrogens is 3. The number of benzene rings is 3. The molecule has 0 unspecified atom stereocenters. The maximum atomic E-state index is 13.4. The maximum Gasteiger partial charge on any atom is 0.358 e. The summed E-state index contributed by atoms with van der Waals surface area (Å²) >= 11 is 0. The van der Waals surface area contributed by atoms with Gasteiger partial charge in [0.2, 0.25) is 0 Å². The van der Waals surface area contributed by atoms with Crippen molar-refractivity contribution in [2.24, 2.45) is 0 Å². The summed E-state index contributed by atoms with van der Waals surface area (Å²) in [6, 6.07) is 24.6. The van der Waals surface area contributed by atoms with E-state index in [9.17, 15) is 19.2 Å². The van der Waals surface area contributed by atoms with Crippen molar-refractivity contribution in [3.63, 3.8) is 0 Å². The molecule has 0 amide bonds. The first-order valence-electron chi connectivity index (χ1n) is 13.2. The summed E-state index contributed by atoms with van der Waals surface area (Å²) in [6.07, 6.45) is -2.74. The van der Waals surface area contributed by atoms with Crippen molar-refractivity contribution < 1.29 is 42.9 Å². The Morgan fingerprint density at radius 1 is 0.791 bits per heavy atom. The fourth-order valence-corrected chi connectivity index (χ4v) is 4.68. The molecule has 1 aliphatic heterocycles. The number of hydrogen-bond donors (Lipinski definition) is 0. The van der Waals surface area contributed by atoms with Gasteiger partial charge in [-0.1, -0.05) is 59.8 Å². The standard InChI is InChI=1S/C31H27N3O9/c1-31(43-28(37)22-16-10-5-11-17-22)25(42-27(36)21-14-8-4-9-15-21)24(19-40-26(35)20-12-6-3-7-13-20)41-30(31)34-23(18-32-33-34)29(38)39-2/h3-18,24-25,30H,19H2,1-2H3/t24-,25-,30-,31-/m1/s1. The number of carbonyl (C=O) groups is 4. The average Bonchev–Trinajstić information content (AvgIpc) is 3.63. The molecular weight excluding hydrogens is 558 g/mol. The number of hydrogen-bond acceptors (Lipinski definition) is 11. The van der Waals surface area contributed by atoms with Gasteiger partial charge in [0.05, 0.1) is 30.0 Å². The lowest BCUT2D eigenvalue weighted by Gasteiger charge is -2.34. The fraction of sp³-hybridized carbons (Fsp3) is 0.226. The molecule has 0 spiro atoms. The predicted molar refractivity (Wildman–Crippen MR) is 148 cm³/mol. The third kappa shape index (κ3) is 6.14. The van der Waals surface area contributed by atoms with Gasteiger partial charge in [0.1, 0.15) is 12.7 Å². The Kier molecular flexibility index (Phi) is 8.58. The highest BCUT2D eigenvalue weighted by atomic mass is 16.7. The van der Waals surface area contributed by atoms with Crippen LogP contribution in [0.25, 0.3) is 0 Å². The smallest absolute Gasteiger partial charge is 0.358 e. The van der Waals surface area contributed by atoms with Gasteiger partial charge in [-0.2, -0.15) is 0 Å². The molecule has 0 radical (unpaired) electrons. The molecule has 1 aliphatic rings. The summed E-state index contributed by atoms with van der Waals surface area (Å²) in [5, 5.41) is 7.80. The van der Waals surface area contributed by atoms with Gasteiger partial charge in [0.25, 0.3) is 0 Å². The van der Waals surface area contributed by atoms with Crippen LogP contribution in [0.5, 0.6) is 0 Å². The van der Waals surface area contributed by atoms with Crippen LogP contribution < -0.4 is 0 Å². The van der Waals surface area contributed by atoms with E-state index in [0.29, 0.717) is 0 Å². The van der Waals surface area contributed by atoms with Crippen LogP contribution in [-0.2, 0) is 23.7 Å². The normalized spacial score (nSPS) is 21.0. The van der Waals surface area contributed by atoms with Crippen molar-refractivity contribution in [1.29, 1.82) is 0 Å². The molecule has 12 heteroatoms. The first-order valence-corrected chi connectivity index (χ1v) is 13.2. The summed E-state index contributed by atoms with van der Waals surface area (Å²) < 4.78 is 29.7. The summed E-state index contributed by atoms with van der Waals surface area (Å²) in [5.41, 5.74) is -1.22. The molecule has 0 bridgehead atoms. The monoisotopic (exact) mass is 585 g/mol. The van der Waals surface area contributed by atoms with Gasteiger partial charge in [0.15, 0.2) is 23.6 Å². The van der Waals surface area contributed by atoms with Crippen LogP contribution in [0.2, 0.25) is 0 Å². The van der Waals surface area contributed by atoms with E-state index in [1.807, 2.05) is 0 Å². The minimum atomic E-state index is -1.82. The predicted octanol–water partition coefficient (Wildman–Crippen LogP) is 3.66. The van der Waals surface area contributed by atoms with E-state index in [4.69, 9.17) is 23.7 Å². The van der Waals surface area contributed by atoms with Crippen LogP contribution >= 0.6 is 0 Å². The van der Waals surface area contributed by atoms with Crippen molar-refractivity contribution in [2.75, 3.05) is 13.7 Å². The third-order valence-corrected chi connectivity index (χ3v) is 6.84. The highest BCUT2D eigenvalue weighted by molar-refractivity contribution is 5.91. The van der Waals surface area contributed by atoms with Gasteiger partial charge < -0.3 is 23.7 Å². The highest BCUT2D eigenvalue weighted by Gasteiger charge is 2.61. The van der Waals surface area contributed by atoms with E-state index in [1.165, 1.54) is 14.0 Å². The van der Waals surface area contributed by atoms with Gasteiger partial charge in [0, 0.05) is 0 Å². The summed E-state index contributed by atoms with van der Waals surface area (Å²) in [6.45, 7) is 1.07. The van der Waals surface area contributed by atoms with Crippen molar-refractivity contribution in [3.8, 4) is 0 Å². The molecule has 4 aromatic rings. The first-order chi connectivity index (χ1) is 20.8. The number of rotatable bonds is 9. The molecule has 220 valence electrons. The van der Waals surface area contributed by atoms with E-state index in [2.05, 4.69) is 10.3 Å².